The molecule has 1 fully saturated rings. The molecule has 2 atom stereocenters. The minimum Gasteiger partial charge on any atom is -0.390 e. The van der Waals surface area contributed by atoms with Gasteiger partial charge in [-0.1, -0.05) is 57.6 Å². The Kier molecular flexibility index (Phi) is 5.20. The lowest BCUT2D eigenvalue weighted by molar-refractivity contribution is -0.0191. The summed E-state index contributed by atoms with van der Waals surface area (Å²) >= 11 is 2.27. The quantitative estimate of drug-likeness (QED) is 0.432. The summed E-state index contributed by atoms with van der Waals surface area (Å²) in [6, 6.07) is 7.84. The van der Waals surface area contributed by atoms with Crippen LogP contribution in [0.5, 0.6) is 0 Å². The maximum absolute atomic E-state index is 13.1. The van der Waals surface area contributed by atoms with E-state index in [1.54, 1.807) is 0 Å². The number of likely N-dealkylation sites (tertiary alicyclic amines) is 1. The molecule has 5 nitrogen and oxygen atoms in total. The predicted octanol–water partition coefficient (Wildman–Crippen LogP) is 4.03. The van der Waals surface area contributed by atoms with Crippen molar-refractivity contribution in [3.8, 4) is 11.3 Å². The van der Waals surface area contributed by atoms with Crippen molar-refractivity contribution in [2.45, 2.75) is 43.3 Å². The lowest BCUT2D eigenvalue weighted by atomic mass is 9.84. The number of nitrogens with zero attached hydrogens (tertiary/aromatic N) is 2. The van der Waals surface area contributed by atoms with Gasteiger partial charge in [0.15, 0.2) is 5.76 Å². The number of halogens is 1. The third-order valence-electron chi connectivity index (χ3n) is 4.83. The van der Waals surface area contributed by atoms with Gasteiger partial charge in [-0.2, -0.15) is 0 Å². The summed E-state index contributed by atoms with van der Waals surface area (Å²) in [6.45, 7) is 6.32. The Balaban J connectivity index is 1.89. The SMILES string of the molecule is Cc1ccc(-c2oncc2C(=O)N2CCC[C@@H](C(C)(C)O)C2I)cc1. The summed E-state index contributed by atoms with van der Waals surface area (Å²) in [6.07, 6.45) is 3.29. The summed E-state index contributed by atoms with van der Waals surface area (Å²) in [5, 5.41) is 14.3. The number of aliphatic hydroxyl groups is 1. The van der Waals surface area contributed by atoms with Crippen molar-refractivity contribution in [2.24, 2.45) is 5.92 Å². The van der Waals surface area contributed by atoms with E-state index in [1.165, 1.54) is 6.20 Å². The van der Waals surface area contributed by atoms with Crippen molar-refractivity contribution in [1.82, 2.24) is 10.1 Å². The van der Waals surface area contributed by atoms with E-state index in [2.05, 4.69) is 27.7 Å². The van der Waals surface area contributed by atoms with Gasteiger partial charge in [0.05, 0.1) is 15.8 Å². The lowest BCUT2D eigenvalue weighted by Gasteiger charge is -2.43. The molecular formula is C19H23IN2O3. The zero-order valence-electron chi connectivity index (χ0n) is 14.7. The minimum atomic E-state index is -0.820. The normalized spacial score (nSPS) is 21.4. The molecule has 25 heavy (non-hydrogen) atoms. The van der Waals surface area contributed by atoms with Crippen LogP contribution in [0, 0.1) is 12.8 Å². The second-order valence-corrected chi connectivity index (χ2v) is 8.48. The van der Waals surface area contributed by atoms with Crippen molar-refractivity contribution in [1.29, 1.82) is 0 Å². The number of benzene rings is 1. The molecule has 2 heterocycles. The summed E-state index contributed by atoms with van der Waals surface area (Å²) in [5.41, 5.74) is 1.64. The molecule has 3 rings (SSSR count). The Hall–Kier alpha value is -1.41. The largest absolute Gasteiger partial charge is 0.390 e. The Morgan fingerprint density at radius 2 is 2.04 bits per heavy atom. The number of aromatic nitrogens is 1. The maximum atomic E-state index is 13.1. The number of hydrogen-bond acceptors (Lipinski definition) is 4. The second-order valence-electron chi connectivity index (χ2n) is 7.21. The Morgan fingerprint density at radius 1 is 1.36 bits per heavy atom. The fourth-order valence-corrected chi connectivity index (χ4v) is 5.09. The highest BCUT2D eigenvalue weighted by Gasteiger charge is 2.41. The van der Waals surface area contributed by atoms with Crippen molar-refractivity contribution in [3.63, 3.8) is 0 Å². The van der Waals surface area contributed by atoms with Gasteiger partial charge in [-0.15, -0.1) is 0 Å². The molecule has 1 saturated heterocycles. The lowest BCUT2D eigenvalue weighted by Crippen LogP contribution is -2.51. The van der Waals surface area contributed by atoms with Crippen LogP contribution < -0.4 is 0 Å². The summed E-state index contributed by atoms with van der Waals surface area (Å²) in [4.78, 5) is 15.0. The first-order chi connectivity index (χ1) is 11.8. The Bertz CT molecular complexity index is 749. The van der Waals surface area contributed by atoms with Crippen LogP contribution in [0.1, 0.15) is 42.6 Å². The van der Waals surface area contributed by atoms with Crippen molar-refractivity contribution >= 4 is 28.5 Å². The van der Waals surface area contributed by atoms with Gasteiger partial charge in [-0.05, 0) is 33.6 Å². The molecule has 1 aliphatic heterocycles. The first kappa shape index (κ1) is 18.4. The summed E-state index contributed by atoms with van der Waals surface area (Å²) in [5.74, 6) is 0.442. The number of hydrogen-bond donors (Lipinski definition) is 1. The van der Waals surface area contributed by atoms with Gasteiger partial charge in [0.2, 0.25) is 0 Å². The van der Waals surface area contributed by atoms with Gasteiger partial charge < -0.3 is 14.5 Å². The van der Waals surface area contributed by atoms with Crippen LogP contribution in [0.15, 0.2) is 35.0 Å². The van der Waals surface area contributed by atoms with Gasteiger partial charge in [0.25, 0.3) is 5.91 Å². The van der Waals surface area contributed by atoms with Crippen LogP contribution >= 0.6 is 22.6 Å². The van der Waals surface area contributed by atoms with Crippen LogP contribution in [0.2, 0.25) is 0 Å². The van der Waals surface area contributed by atoms with Gasteiger partial charge >= 0.3 is 0 Å². The number of rotatable bonds is 3. The molecule has 2 aromatic rings. The standard InChI is InChI=1S/C19H23IN2O3/c1-12-6-8-13(9-7-12)16-14(11-21-25-16)18(23)22-10-4-5-15(17(22)20)19(2,3)24/h6-9,11,15,17,24H,4-5,10H2,1-3H3/t15-,17?/m1/s1. The third kappa shape index (κ3) is 3.74. The Labute approximate surface area is 161 Å². The number of aryl methyl sites for hydroxylation is 1. The van der Waals surface area contributed by atoms with E-state index in [0.717, 1.165) is 24.0 Å². The van der Waals surface area contributed by atoms with E-state index in [9.17, 15) is 9.90 Å². The average Bonchev–Trinajstić information content (AvgIpc) is 3.03. The number of carbonyl (C=O) groups excluding carboxylic acids is 1. The van der Waals surface area contributed by atoms with Crippen molar-refractivity contribution in [2.75, 3.05) is 6.54 Å². The fourth-order valence-electron chi connectivity index (χ4n) is 3.32. The highest BCUT2D eigenvalue weighted by atomic mass is 127. The molecule has 6 heteroatoms. The van der Waals surface area contributed by atoms with Crippen molar-refractivity contribution < 1.29 is 14.4 Å². The van der Waals surface area contributed by atoms with E-state index in [0.29, 0.717) is 17.9 Å². The number of alkyl halides is 1. The molecule has 1 unspecified atom stereocenters. The first-order valence-corrected chi connectivity index (χ1v) is 9.72. The number of amides is 1. The van der Waals surface area contributed by atoms with Crippen LogP contribution in [-0.2, 0) is 0 Å². The molecule has 1 N–H and O–H groups in total. The van der Waals surface area contributed by atoms with Crippen LogP contribution in [-0.4, -0.2) is 37.3 Å². The molecule has 1 aliphatic rings. The monoisotopic (exact) mass is 454 g/mol. The third-order valence-corrected chi connectivity index (χ3v) is 6.37. The summed E-state index contributed by atoms with van der Waals surface area (Å²) in [7, 11) is 0. The van der Waals surface area contributed by atoms with Crippen molar-refractivity contribution in [3.05, 3.63) is 41.6 Å². The molecule has 1 aromatic heterocycles. The molecule has 0 radical (unpaired) electrons. The maximum Gasteiger partial charge on any atom is 0.260 e. The van der Waals surface area contributed by atoms with Gasteiger partial charge in [-0.25, -0.2) is 0 Å². The second kappa shape index (κ2) is 7.07. The van der Waals surface area contributed by atoms with E-state index in [-0.39, 0.29) is 15.9 Å². The molecule has 1 amide bonds. The van der Waals surface area contributed by atoms with Gasteiger partial charge in [0.1, 0.15) is 5.56 Å². The number of carbonyl (C=O) groups is 1. The fraction of sp³-hybridized carbons (Fsp3) is 0.474. The molecule has 0 aliphatic carbocycles. The molecule has 0 saturated carbocycles. The highest BCUT2D eigenvalue weighted by molar-refractivity contribution is 14.1. The number of piperidine rings is 1. The highest BCUT2D eigenvalue weighted by Crippen LogP contribution is 2.37. The smallest absolute Gasteiger partial charge is 0.260 e. The van der Waals surface area contributed by atoms with E-state index in [1.807, 2.05) is 49.9 Å². The van der Waals surface area contributed by atoms with E-state index < -0.39 is 5.60 Å². The van der Waals surface area contributed by atoms with E-state index >= 15 is 0 Å². The topological polar surface area (TPSA) is 66.6 Å². The molecule has 0 bridgehead atoms. The minimum absolute atomic E-state index is 0.0356. The molecule has 0 spiro atoms. The first-order valence-electron chi connectivity index (χ1n) is 8.48. The summed E-state index contributed by atoms with van der Waals surface area (Å²) < 4.78 is 5.31. The van der Waals surface area contributed by atoms with E-state index in [4.69, 9.17) is 4.52 Å². The Morgan fingerprint density at radius 3 is 2.68 bits per heavy atom. The zero-order valence-corrected chi connectivity index (χ0v) is 16.9. The average molecular weight is 454 g/mol. The van der Waals surface area contributed by atoms with Gasteiger partial charge in [0, 0.05) is 18.0 Å². The molecule has 1 aromatic carbocycles. The van der Waals surface area contributed by atoms with Crippen LogP contribution in [0.3, 0.4) is 0 Å². The van der Waals surface area contributed by atoms with Gasteiger partial charge in [-0.3, -0.25) is 4.79 Å². The molecule has 134 valence electrons. The van der Waals surface area contributed by atoms with Crippen LogP contribution in [0.25, 0.3) is 11.3 Å². The molecular weight excluding hydrogens is 431 g/mol. The predicted molar refractivity (Wildman–Crippen MR) is 105 cm³/mol. The van der Waals surface area contributed by atoms with Crippen LogP contribution in [0.4, 0.5) is 0 Å². The zero-order chi connectivity index (χ0) is 18.2.